The van der Waals surface area contributed by atoms with Crippen LogP contribution in [0, 0.1) is 6.92 Å². The van der Waals surface area contributed by atoms with Crippen molar-refractivity contribution in [1.29, 1.82) is 0 Å². The van der Waals surface area contributed by atoms with Crippen LogP contribution in [0.15, 0.2) is 48.7 Å². The molecule has 2 aromatic carbocycles. The Bertz CT molecular complexity index is 768. The maximum Gasteiger partial charge on any atom is 0.0914 e. The van der Waals surface area contributed by atoms with E-state index in [0.29, 0.717) is 6.54 Å². The molecule has 0 fully saturated rings. The van der Waals surface area contributed by atoms with Gasteiger partial charge in [-0.05, 0) is 36.2 Å². The molecule has 2 unspecified atom stereocenters. The SMILES string of the molecule is Cc1ncc(C(C)NCC(O)c2ccc3ccccc3c2)s1. The lowest BCUT2D eigenvalue weighted by atomic mass is 10.0. The predicted molar refractivity (Wildman–Crippen MR) is 92.2 cm³/mol. The Morgan fingerprint density at radius 3 is 2.68 bits per heavy atom. The van der Waals surface area contributed by atoms with E-state index in [1.165, 1.54) is 10.3 Å². The molecule has 1 heterocycles. The molecule has 2 N–H and O–H groups in total. The first-order chi connectivity index (χ1) is 10.6. The van der Waals surface area contributed by atoms with Crippen molar-refractivity contribution >= 4 is 22.1 Å². The summed E-state index contributed by atoms with van der Waals surface area (Å²) in [6, 6.07) is 14.5. The highest BCUT2D eigenvalue weighted by Gasteiger charge is 2.12. The highest BCUT2D eigenvalue weighted by Crippen LogP contribution is 2.22. The molecule has 0 saturated carbocycles. The summed E-state index contributed by atoms with van der Waals surface area (Å²) in [5, 5.41) is 17.2. The summed E-state index contributed by atoms with van der Waals surface area (Å²) in [5.74, 6) is 0. The summed E-state index contributed by atoms with van der Waals surface area (Å²) in [4.78, 5) is 5.47. The third kappa shape index (κ3) is 3.35. The van der Waals surface area contributed by atoms with Crippen LogP contribution in [0.4, 0.5) is 0 Å². The number of aryl methyl sites for hydroxylation is 1. The minimum atomic E-state index is -0.513. The molecule has 0 saturated heterocycles. The summed E-state index contributed by atoms with van der Waals surface area (Å²) in [6.07, 6.45) is 1.39. The Morgan fingerprint density at radius 1 is 1.18 bits per heavy atom. The van der Waals surface area contributed by atoms with Crippen LogP contribution < -0.4 is 5.32 Å². The van der Waals surface area contributed by atoms with Gasteiger partial charge in [0.1, 0.15) is 0 Å². The largest absolute Gasteiger partial charge is 0.387 e. The van der Waals surface area contributed by atoms with Crippen molar-refractivity contribution in [2.75, 3.05) is 6.54 Å². The minimum Gasteiger partial charge on any atom is -0.387 e. The topological polar surface area (TPSA) is 45.2 Å². The van der Waals surface area contributed by atoms with Crippen LogP contribution in [0.2, 0.25) is 0 Å². The van der Waals surface area contributed by atoms with Crippen LogP contribution >= 0.6 is 11.3 Å². The van der Waals surface area contributed by atoms with E-state index in [0.717, 1.165) is 16.0 Å². The minimum absolute atomic E-state index is 0.196. The fourth-order valence-corrected chi connectivity index (χ4v) is 3.31. The number of fused-ring (bicyclic) bond motifs is 1. The average Bonchev–Trinajstić information content (AvgIpc) is 2.98. The quantitative estimate of drug-likeness (QED) is 0.749. The fourth-order valence-electron chi connectivity index (χ4n) is 2.50. The maximum absolute atomic E-state index is 10.4. The Labute approximate surface area is 134 Å². The number of rotatable bonds is 5. The number of thiazole rings is 1. The highest BCUT2D eigenvalue weighted by molar-refractivity contribution is 7.11. The van der Waals surface area contributed by atoms with Crippen molar-refractivity contribution in [2.45, 2.75) is 26.0 Å². The van der Waals surface area contributed by atoms with E-state index in [-0.39, 0.29) is 6.04 Å². The second-order valence-corrected chi connectivity index (χ2v) is 6.80. The molecule has 0 amide bonds. The molecule has 3 rings (SSSR count). The first-order valence-corrected chi connectivity index (χ1v) is 8.27. The fraction of sp³-hybridized carbons (Fsp3) is 0.278. The van der Waals surface area contributed by atoms with Gasteiger partial charge in [0.15, 0.2) is 0 Å². The molecule has 3 nitrogen and oxygen atoms in total. The normalized spacial score (nSPS) is 14.1. The number of nitrogens with zero attached hydrogens (tertiary/aromatic N) is 1. The van der Waals surface area contributed by atoms with Gasteiger partial charge in [0.25, 0.3) is 0 Å². The number of hydrogen-bond donors (Lipinski definition) is 2. The van der Waals surface area contributed by atoms with Gasteiger partial charge in [0.2, 0.25) is 0 Å². The maximum atomic E-state index is 10.4. The molecular weight excluding hydrogens is 292 g/mol. The van der Waals surface area contributed by atoms with Gasteiger partial charge in [-0.15, -0.1) is 11.3 Å². The number of aliphatic hydroxyl groups excluding tert-OH is 1. The lowest BCUT2D eigenvalue weighted by Crippen LogP contribution is -2.24. The van der Waals surface area contributed by atoms with Crippen molar-refractivity contribution in [3.05, 3.63) is 64.1 Å². The molecule has 0 aliphatic rings. The third-order valence-electron chi connectivity index (χ3n) is 3.84. The van der Waals surface area contributed by atoms with Crippen molar-refractivity contribution in [3.63, 3.8) is 0 Å². The van der Waals surface area contributed by atoms with Crippen molar-refractivity contribution in [3.8, 4) is 0 Å². The molecule has 0 aliphatic heterocycles. The van der Waals surface area contributed by atoms with Gasteiger partial charge in [-0.2, -0.15) is 0 Å². The molecule has 0 radical (unpaired) electrons. The highest BCUT2D eigenvalue weighted by atomic mass is 32.1. The third-order valence-corrected chi connectivity index (χ3v) is 4.94. The van der Waals surface area contributed by atoms with Gasteiger partial charge in [-0.25, -0.2) is 4.98 Å². The summed E-state index contributed by atoms with van der Waals surface area (Å²) in [5.41, 5.74) is 0.943. The zero-order chi connectivity index (χ0) is 15.5. The van der Waals surface area contributed by atoms with Crippen LogP contribution in [0.5, 0.6) is 0 Å². The molecule has 2 atom stereocenters. The molecular formula is C18H20N2OS. The lowest BCUT2D eigenvalue weighted by molar-refractivity contribution is 0.171. The molecule has 114 valence electrons. The monoisotopic (exact) mass is 312 g/mol. The van der Waals surface area contributed by atoms with Crippen LogP contribution in [0.1, 0.15) is 34.5 Å². The van der Waals surface area contributed by atoms with Gasteiger partial charge >= 0.3 is 0 Å². The molecule has 4 heteroatoms. The number of aliphatic hydroxyl groups is 1. The van der Waals surface area contributed by atoms with Gasteiger partial charge < -0.3 is 10.4 Å². The number of hydrogen-bond acceptors (Lipinski definition) is 4. The van der Waals surface area contributed by atoms with Crippen LogP contribution in [0.25, 0.3) is 10.8 Å². The van der Waals surface area contributed by atoms with Crippen LogP contribution in [0.3, 0.4) is 0 Å². The first-order valence-electron chi connectivity index (χ1n) is 7.46. The Hall–Kier alpha value is -1.75. The number of nitrogens with one attached hydrogen (secondary N) is 1. The standard InChI is InChI=1S/C18H20N2OS/c1-12(18-11-20-13(2)22-18)19-10-17(21)16-8-7-14-5-3-4-6-15(14)9-16/h3-9,11-12,17,19,21H,10H2,1-2H3. The zero-order valence-corrected chi connectivity index (χ0v) is 13.6. The average molecular weight is 312 g/mol. The van der Waals surface area contributed by atoms with Gasteiger partial charge in [-0.3, -0.25) is 0 Å². The molecule has 1 aromatic heterocycles. The summed E-state index contributed by atoms with van der Waals surface area (Å²) in [6.45, 7) is 4.63. The van der Waals surface area contributed by atoms with Gasteiger partial charge in [-0.1, -0.05) is 36.4 Å². The second kappa shape index (κ2) is 6.57. The van der Waals surface area contributed by atoms with E-state index in [1.807, 2.05) is 31.3 Å². The Balaban J connectivity index is 1.66. The van der Waals surface area contributed by atoms with Crippen molar-refractivity contribution in [1.82, 2.24) is 10.3 Å². The van der Waals surface area contributed by atoms with E-state index in [4.69, 9.17) is 0 Å². The predicted octanol–water partition coefficient (Wildman–Crippen LogP) is 3.99. The van der Waals surface area contributed by atoms with E-state index < -0.39 is 6.10 Å². The van der Waals surface area contributed by atoms with E-state index >= 15 is 0 Å². The summed E-state index contributed by atoms with van der Waals surface area (Å²) in [7, 11) is 0. The summed E-state index contributed by atoms with van der Waals surface area (Å²) < 4.78 is 0. The van der Waals surface area contributed by atoms with Gasteiger partial charge in [0, 0.05) is 23.7 Å². The lowest BCUT2D eigenvalue weighted by Gasteiger charge is -2.16. The Morgan fingerprint density at radius 2 is 1.95 bits per heavy atom. The molecule has 0 bridgehead atoms. The number of benzene rings is 2. The van der Waals surface area contributed by atoms with Crippen LogP contribution in [-0.2, 0) is 0 Å². The molecule has 3 aromatic rings. The Kier molecular flexibility index (Phi) is 4.52. The van der Waals surface area contributed by atoms with Crippen molar-refractivity contribution < 1.29 is 5.11 Å². The summed E-state index contributed by atoms with van der Waals surface area (Å²) >= 11 is 1.69. The molecule has 0 spiro atoms. The smallest absolute Gasteiger partial charge is 0.0914 e. The van der Waals surface area contributed by atoms with E-state index in [9.17, 15) is 5.11 Å². The molecule has 22 heavy (non-hydrogen) atoms. The second-order valence-electron chi connectivity index (χ2n) is 5.53. The van der Waals surface area contributed by atoms with E-state index in [1.54, 1.807) is 11.3 Å². The van der Waals surface area contributed by atoms with Gasteiger partial charge in [0.05, 0.1) is 11.1 Å². The first kappa shape index (κ1) is 15.2. The van der Waals surface area contributed by atoms with E-state index in [2.05, 4.69) is 41.5 Å². The molecule has 0 aliphatic carbocycles. The number of aromatic nitrogens is 1. The van der Waals surface area contributed by atoms with Crippen molar-refractivity contribution in [2.24, 2.45) is 0 Å². The zero-order valence-electron chi connectivity index (χ0n) is 12.8. The van der Waals surface area contributed by atoms with Crippen LogP contribution in [-0.4, -0.2) is 16.6 Å².